The normalized spacial score (nSPS) is 10.1. The first-order valence-electron chi connectivity index (χ1n) is 5.79. The van der Waals surface area contributed by atoms with Gasteiger partial charge in [-0.3, -0.25) is 14.9 Å². The van der Waals surface area contributed by atoms with Crippen LogP contribution < -0.4 is 5.32 Å². The van der Waals surface area contributed by atoms with E-state index in [0.717, 1.165) is 5.56 Å². The van der Waals surface area contributed by atoms with Crippen LogP contribution in [0.1, 0.15) is 15.9 Å². The highest BCUT2D eigenvalue weighted by Crippen LogP contribution is 2.23. The number of nitro benzene ring substituents is 1. The van der Waals surface area contributed by atoms with Crippen molar-refractivity contribution in [3.63, 3.8) is 0 Å². The average molecular weight is 335 g/mol. The molecule has 1 N–H and O–H groups in total. The van der Waals surface area contributed by atoms with Crippen molar-refractivity contribution in [2.75, 3.05) is 5.32 Å². The van der Waals surface area contributed by atoms with Gasteiger partial charge in [-0.15, -0.1) is 0 Å². The largest absolute Gasteiger partial charge is 0.322 e. The molecule has 0 fully saturated rings. The highest BCUT2D eigenvalue weighted by molar-refractivity contribution is 9.10. The molecule has 0 heterocycles. The second-order valence-corrected chi connectivity index (χ2v) is 5.10. The quantitative estimate of drug-likeness (QED) is 0.683. The SMILES string of the molecule is Cc1cccc(NC(=O)c2cc([N+](=O)[O-])ccc2Br)c1. The summed E-state index contributed by atoms with van der Waals surface area (Å²) in [5.41, 5.74) is 1.76. The maximum absolute atomic E-state index is 12.2. The number of amides is 1. The Morgan fingerprint density at radius 3 is 2.65 bits per heavy atom. The molecule has 6 heteroatoms. The molecule has 0 bridgehead atoms. The maximum Gasteiger partial charge on any atom is 0.270 e. The Kier molecular flexibility index (Phi) is 4.14. The van der Waals surface area contributed by atoms with Crippen LogP contribution in [0.2, 0.25) is 0 Å². The zero-order valence-electron chi connectivity index (χ0n) is 10.6. The molecule has 0 aliphatic rings. The number of anilines is 1. The second kappa shape index (κ2) is 5.83. The molecule has 0 radical (unpaired) electrons. The van der Waals surface area contributed by atoms with Gasteiger partial charge in [0.25, 0.3) is 11.6 Å². The number of nitro groups is 1. The van der Waals surface area contributed by atoms with Crippen molar-refractivity contribution in [1.29, 1.82) is 0 Å². The van der Waals surface area contributed by atoms with Crippen LogP contribution in [0.3, 0.4) is 0 Å². The van der Waals surface area contributed by atoms with Gasteiger partial charge in [0.2, 0.25) is 0 Å². The Balaban J connectivity index is 2.29. The third kappa shape index (κ3) is 3.21. The number of hydrogen-bond donors (Lipinski definition) is 1. The van der Waals surface area contributed by atoms with Crippen molar-refractivity contribution in [2.45, 2.75) is 6.92 Å². The number of nitrogens with one attached hydrogen (secondary N) is 1. The fraction of sp³-hybridized carbons (Fsp3) is 0.0714. The maximum atomic E-state index is 12.2. The van der Waals surface area contributed by atoms with Gasteiger partial charge in [-0.1, -0.05) is 12.1 Å². The van der Waals surface area contributed by atoms with Gasteiger partial charge in [0.15, 0.2) is 0 Å². The summed E-state index contributed by atoms with van der Waals surface area (Å²) >= 11 is 3.22. The Morgan fingerprint density at radius 2 is 2.00 bits per heavy atom. The third-order valence-corrected chi connectivity index (χ3v) is 3.37. The lowest BCUT2D eigenvalue weighted by molar-refractivity contribution is -0.384. The molecule has 5 nitrogen and oxygen atoms in total. The molecular formula is C14H11BrN2O3. The number of halogens is 1. The number of carbonyl (C=O) groups is 1. The Morgan fingerprint density at radius 1 is 1.25 bits per heavy atom. The summed E-state index contributed by atoms with van der Waals surface area (Å²) < 4.78 is 0.508. The van der Waals surface area contributed by atoms with E-state index in [1.807, 2.05) is 25.1 Å². The number of aryl methyl sites for hydroxylation is 1. The Hall–Kier alpha value is -2.21. The summed E-state index contributed by atoms with van der Waals surface area (Å²) in [5, 5.41) is 13.5. The summed E-state index contributed by atoms with van der Waals surface area (Å²) in [6.07, 6.45) is 0. The molecule has 2 rings (SSSR count). The lowest BCUT2D eigenvalue weighted by atomic mass is 10.1. The average Bonchev–Trinajstić information content (AvgIpc) is 2.38. The highest BCUT2D eigenvalue weighted by Gasteiger charge is 2.15. The van der Waals surface area contributed by atoms with Crippen molar-refractivity contribution in [3.8, 4) is 0 Å². The lowest BCUT2D eigenvalue weighted by Gasteiger charge is -2.07. The molecule has 0 aliphatic carbocycles. The van der Waals surface area contributed by atoms with Crippen LogP contribution in [0.5, 0.6) is 0 Å². The second-order valence-electron chi connectivity index (χ2n) is 4.24. The number of benzene rings is 2. The topological polar surface area (TPSA) is 72.2 Å². The number of nitrogens with zero attached hydrogens (tertiary/aromatic N) is 1. The summed E-state index contributed by atoms with van der Waals surface area (Å²) in [5.74, 6) is -0.397. The molecule has 2 aromatic rings. The van der Waals surface area contributed by atoms with E-state index >= 15 is 0 Å². The minimum absolute atomic E-state index is 0.123. The van der Waals surface area contributed by atoms with Crippen molar-refractivity contribution in [1.82, 2.24) is 0 Å². The fourth-order valence-corrected chi connectivity index (χ4v) is 2.15. The molecular weight excluding hydrogens is 324 g/mol. The van der Waals surface area contributed by atoms with Gasteiger partial charge >= 0.3 is 0 Å². The molecule has 1 amide bonds. The lowest BCUT2D eigenvalue weighted by Crippen LogP contribution is -2.13. The predicted molar refractivity (Wildman–Crippen MR) is 79.9 cm³/mol. The molecule has 2 aromatic carbocycles. The van der Waals surface area contributed by atoms with Crippen molar-refractivity contribution in [3.05, 3.63) is 68.2 Å². The van der Waals surface area contributed by atoms with E-state index in [0.29, 0.717) is 10.2 Å². The van der Waals surface area contributed by atoms with E-state index in [1.54, 1.807) is 6.07 Å². The summed E-state index contributed by atoms with van der Waals surface area (Å²) in [6.45, 7) is 1.92. The highest BCUT2D eigenvalue weighted by atomic mass is 79.9. The van der Waals surface area contributed by atoms with E-state index < -0.39 is 10.8 Å². The minimum atomic E-state index is -0.532. The zero-order chi connectivity index (χ0) is 14.7. The van der Waals surface area contributed by atoms with Crippen molar-refractivity contribution in [2.24, 2.45) is 0 Å². The zero-order valence-corrected chi connectivity index (χ0v) is 12.2. The van der Waals surface area contributed by atoms with Crippen LogP contribution in [-0.2, 0) is 0 Å². The molecule has 0 aliphatic heterocycles. The van der Waals surface area contributed by atoms with Crippen LogP contribution >= 0.6 is 15.9 Å². The monoisotopic (exact) mass is 334 g/mol. The predicted octanol–water partition coefficient (Wildman–Crippen LogP) is 3.92. The molecule has 0 atom stereocenters. The standard InChI is InChI=1S/C14H11BrN2O3/c1-9-3-2-4-10(7-9)16-14(18)12-8-11(17(19)20)5-6-13(12)15/h2-8H,1H3,(H,16,18). The first kappa shape index (κ1) is 14.2. The van der Waals surface area contributed by atoms with Crippen LogP contribution in [0, 0.1) is 17.0 Å². The van der Waals surface area contributed by atoms with Gasteiger partial charge in [-0.2, -0.15) is 0 Å². The fourth-order valence-electron chi connectivity index (χ4n) is 1.72. The van der Waals surface area contributed by atoms with E-state index in [4.69, 9.17) is 0 Å². The number of rotatable bonds is 3. The van der Waals surface area contributed by atoms with Gasteiger partial charge < -0.3 is 5.32 Å². The van der Waals surface area contributed by atoms with Gasteiger partial charge in [0.1, 0.15) is 0 Å². The molecule has 0 saturated heterocycles. The number of hydrogen-bond acceptors (Lipinski definition) is 3. The van der Waals surface area contributed by atoms with E-state index in [-0.39, 0.29) is 11.3 Å². The Bertz CT molecular complexity index is 686. The van der Waals surface area contributed by atoms with Gasteiger partial charge in [0.05, 0.1) is 10.5 Å². The van der Waals surface area contributed by atoms with Crippen molar-refractivity contribution < 1.29 is 9.72 Å². The molecule has 20 heavy (non-hydrogen) atoms. The first-order valence-corrected chi connectivity index (χ1v) is 6.58. The van der Waals surface area contributed by atoms with Gasteiger partial charge in [-0.25, -0.2) is 0 Å². The van der Waals surface area contributed by atoms with E-state index in [2.05, 4.69) is 21.2 Å². The summed E-state index contributed by atoms with van der Waals surface area (Å²) in [6, 6.07) is 11.4. The van der Waals surface area contributed by atoms with E-state index in [1.165, 1.54) is 18.2 Å². The molecule has 0 unspecified atom stereocenters. The van der Waals surface area contributed by atoms with Crippen molar-refractivity contribution >= 4 is 33.2 Å². The molecule has 102 valence electrons. The summed E-state index contributed by atoms with van der Waals surface area (Å²) in [4.78, 5) is 22.4. The van der Waals surface area contributed by atoms with Crippen LogP contribution in [-0.4, -0.2) is 10.8 Å². The smallest absolute Gasteiger partial charge is 0.270 e. The van der Waals surface area contributed by atoms with Crippen LogP contribution in [0.15, 0.2) is 46.9 Å². The molecule has 0 aromatic heterocycles. The van der Waals surface area contributed by atoms with Crippen LogP contribution in [0.4, 0.5) is 11.4 Å². The van der Waals surface area contributed by atoms with Gasteiger partial charge in [-0.05, 0) is 46.6 Å². The minimum Gasteiger partial charge on any atom is -0.322 e. The van der Waals surface area contributed by atoms with Gasteiger partial charge in [0, 0.05) is 22.3 Å². The van der Waals surface area contributed by atoms with E-state index in [9.17, 15) is 14.9 Å². The number of carbonyl (C=O) groups excluding carboxylic acids is 1. The first-order chi connectivity index (χ1) is 9.47. The summed E-state index contributed by atoms with van der Waals surface area (Å²) in [7, 11) is 0. The Labute approximate surface area is 123 Å². The number of non-ortho nitro benzene ring substituents is 1. The molecule has 0 spiro atoms. The third-order valence-electron chi connectivity index (χ3n) is 2.68. The van der Waals surface area contributed by atoms with Crippen LogP contribution in [0.25, 0.3) is 0 Å². The molecule has 0 saturated carbocycles.